The lowest BCUT2D eigenvalue weighted by atomic mass is 10.00. The number of urea groups is 1. The van der Waals surface area contributed by atoms with E-state index in [1.165, 1.54) is 11.8 Å². The Bertz CT molecular complexity index is 518. The molecule has 0 aromatic rings. The summed E-state index contributed by atoms with van der Waals surface area (Å²) in [7, 11) is -3.10. The number of likely N-dealkylation sites (tertiary alicyclic amines) is 1. The molecule has 2 amide bonds. The van der Waals surface area contributed by atoms with Crippen molar-refractivity contribution in [2.24, 2.45) is 0 Å². The van der Waals surface area contributed by atoms with Crippen LogP contribution in [0, 0.1) is 0 Å². The molecule has 2 aliphatic rings. The summed E-state index contributed by atoms with van der Waals surface area (Å²) >= 11 is 0. The van der Waals surface area contributed by atoms with Crippen molar-refractivity contribution in [1.29, 1.82) is 0 Å². The van der Waals surface area contributed by atoms with Crippen molar-refractivity contribution in [2.45, 2.75) is 44.2 Å². The Balaban J connectivity index is 2.03. The molecule has 0 spiro atoms. The molecule has 2 unspecified atom stereocenters. The molecule has 0 aromatic carbocycles. The van der Waals surface area contributed by atoms with Gasteiger partial charge in [-0.3, -0.25) is 0 Å². The Morgan fingerprint density at radius 3 is 2.65 bits per heavy atom. The standard InChI is InChI=1S/C12H20N2O5S/c1-12(10(15)16)5-3-6-14(12)11(17)13-9-4-2-7-20(18,19)8-9/h9H,2-8H2,1H3,(H,13,17)(H,15,16). The number of aliphatic carboxylic acids is 1. The highest BCUT2D eigenvalue weighted by molar-refractivity contribution is 7.91. The van der Waals surface area contributed by atoms with Gasteiger partial charge in [0.25, 0.3) is 0 Å². The van der Waals surface area contributed by atoms with Gasteiger partial charge in [0.1, 0.15) is 5.54 Å². The van der Waals surface area contributed by atoms with Crippen LogP contribution in [0.25, 0.3) is 0 Å². The van der Waals surface area contributed by atoms with Crippen molar-refractivity contribution in [3.05, 3.63) is 0 Å². The minimum Gasteiger partial charge on any atom is -0.480 e. The summed E-state index contributed by atoms with van der Waals surface area (Å²) in [6.45, 7) is 1.91. The van der Waals surface area contributed by atoms with Crippen LogP contribution in [0.2, 0.25) is 0 Å². The highest BCUT2D eigenvalue weighted by Gasteiger charge is 2.46. The van der Waals surface area contributed by atoms with Crippen LogP contribution in [0.4, 0.5) is 4.79 Å². The molecule has 0 saturated carbocycles. The van der Waals surface area contributed by atoms with Gasteiger partial charge in [0.05, 0.1) is 11.5 Å². The van der Waals surface area contributed by atoms with E-state index in [9.17, 15) is 23.1 Å². The summed E-state index contributed by atoms with van der Waals surface area (Å²) in [6, 6.07) is -0.894. The smallest absolute Gasteiger partial charge is 0.329 e. The van der Waals surface area contributed by atoms with E-state index in [1.54, 1.807) is 0 Å². The van der Waals surface area contributed by atoms with Crippen LogP contribution in [0.15, 0.2) is 0 Å². The van der Waals surface area contributed by atoms with Gasteiger partial charge in [-0.15, -0.1) is 0 Å². The molecule has 8 heteroatoms. The van der Waals surface area contributed by atoms with Crippen LogP contribution in [-0.2, 0) is 14.6 Å². The summed E-state index contributed by atoms with van der Waals surface area (Å²) in [5.41, 5.74) is -1.20. The normalized spacial score (nSPS) is 32.9. The fourth-order valence-corrected chi connectivity index (χ4v) is 4.54. The number of rotatable bonds is 2. The largest absolute Gasteiger partial charge is 0.480 e. The van der Waals surface area contributed by atoms with Crippen LogP contribution in [0.1, 0.15) is 32.6 Å². The number of carbonyl (C=O) groups excluding carboxylic acids is 1. The van der Waals surface area contributed by atoms with E-state index in [2.05, 4.69) is 5.32 Å². The maximum absolute atomic E-state index is 12.2. The van der Waals surface area contributed by atoms with E-state index in [4.69, 9.17) is 0 Å². The number of nitrogens with zero attached hydrogens (tertiary/aromatic N) is 1. The van der Waals surface area contributed by atoms with E-state index in [0.29, 0.717) is 32.2 Å². The summed E-state index contributed by atoms with van der Waals surface area (Å²) in [4.78, 5) is 24.8. The first-order valence-electron chi connectivity index (χ1n) is 6.76. The average Bonchev–Trinajstić information content (AvgIpc) is 2.71. The molecule has 2 N–H and O–H groups in total. The lowest BCUT2D eigenvalue weighted by molar-refractivity contribution is -0.147. The zero-order chi connectivity index (χ0) is 15.0. The molecule has 2 rings (SSSR count). The molecular weight excluding hydrogens is 284 g/mol. The number of sulfone groups is 1. The Hall–Kier alpha value is -1.31. The van der Waals surface area contributed by atoms with Gasteiger partial charge in [0.2, 0.25) is 0 Å². The summed E-state index contributed by atoms with van der Waals surface area (Å²) in [5.74, 6) is -0.923. The van der Waals surface area contributed by atoms with E-state index in [0.717, 1.165) is 0 Å². The molecule has 2 heterocycles. The lowest BCUT2D eigenvalue weighted by Crippen LogP contribution is -2.56. The molecule has 2 saturated heterocycles. The lowest BCUT2D eigenvalue weighted by Gasteiger charge is -2.33. The molecular formula is C12H20N2O5S. The number of carbonyl (C=O) groups is 2. The molecule has 114 valence electrons. The average molecular weight is 304 g/mol. The Kier molecular flexibility index (Phi) is 3.95. The second kappa shape index (κ2) is 5.23. The van der Waals surface area contributed by atoms with Crippen molar-refractivity contribution >= 4 is 21.8 Å². The van der Waals surface area contributed by atoms with Gasteiger partial charge in [-0.2, -0.15) is 0 Å². The molecule has 7 nitrogen and oxygen atoms in total. The Morgan fingerprint density at radius 2 is 2.05 bits per heavy atom. The van der Waals surface area contributed by atoms with Crippen LogP contribution in [0.5, 0.6) is 0 Å². The van der Waals surface area contributed by atoms with Gasteiger partial charge >= 0.3 is 12.0 Å². The van der Waals surface area contributed by atoms with Gasteiger partial charge in [-0.1, -0.05) is 0 Å². The summed E-state index contributed by atoms with van der Waals surface area (Å²) in [5, 5.41) is 11.9. The van der Waals surface area contributed by atoms with Gasteiger partial charge < -0.3 is 15.3 Å². The maximum Gasteiger partial charge on any atom is 0.329 e. The maximum atomic E-state index is 12.2. The molecule has 0 bridgehead atoms. The van der Waals surface area contributed by atoms with Crippen LogP contribution in [-0.4, -0.2) is 60.1 Å². The van der Waals surface area contributed by atoms with Gasteiger partial charge in [-0.25, -0.2) is 18.0 Å². The quantitative estimate of drug-likeness (QED) is 0.759. The Morgan fingerprint density at radius 1 is 1.35 bits per heavy atom. The highest BCUT2D eigenvalue weighted by Crippen LogP contribution is 2.29. The van der Waals surface area contributed by atoms with E-state index >= 15 is 0 Å². The minimum absolute atomic E-state index is 0.0592. The SMILES string of the molecule is CC1(C(=O)O)CCCN1C(=O)NC1CCCS(=O)(=O)C1. The van der Waals surface area contributed by atoms with Crippen LogP contribution >= 0.6 is 0 Å². The molecule has 2 atom stereocenters. The fourth-order valence-electron chi connectivity index (χ4n) is 2.90. The second-order valence-electron chi connectivity index (χ2n) is 5.74. The zero-order valence-electron chi connectivity index (χ0n) is 11.5. The third kappa shape index (κ3) is 2.89. The molecule has 2 aliphatic heterocycles. The molecule has 0 aromatic heterocycles. The zero-order valence-corrected chi connectivity index (χ0v) is 12.3. The first-order valence-corrected chi connectivity index (χ1v) is 8.59. The predicted molar refractivity (Wildman–Crippen MR) is 72.2 cm³/mol. The fraction of sp³-hybridized carbons (Fsp3) is 0.833. The second-order valence-corrected chi connectivity index (χ2v) is 7.97. The number of nitrogens with one attached hydrogen (secondary N) is 1. The monoisotopic (exact) mass is 304 g/mol. The predicted octanol–water partition coefficient (Wildman–Crippen LogP) is 0.212. The third-order valence-corrected chi connectivity index (χ3v) is 5.96. The highest BCUT2D eigenvalue weighted by atomic mass is 32.2. The van der Waals surface area contributed by atoms with Crippen molar-refractivity contribution in [1.82, 2.24) is 10.2 Å². The third-order valence-electron chi connectivity index (χ3n) is 4.14. The topological polar surface area (TPSA) is 104 Å². The summed E-state index contributed by atoms with van der Waals surface area (Å²) in [6.07, 6.45) is 2.20. The number of carboxylic acid groups (broad SMARTS) is 1. The molecule has 0 radical (unpaired) electrons. The molecule has 0 aliphatic carbocycles. The number of hydrogen-bond donors (Lipinski definition) is 2. The first kappa shape index (κ1) is 15.1. The van der Waals surface area contributed by atoms with Gasteiger partial charge in [0, 0.05) is 12.6 Å². The minimum atomic E-state index is -3.10. The van der Waals surface area contributed by atoms with E-state index in [-0.39, 0.29) is 11.5 Å². The van der Waals surface area contributed by atoms with Gasteiger partial charge in [-0.05, 0) is 32.6 Å². The number of amides is 2. The van der Waals surface area contributed by atoms with Crippen LogP contribution < -0.4 is 5.32 Å². The molecule has 20 heavy (non-hydrogen) atoms. The van der Waals surface area contributed by atoms with Crippen molar-refractivity contribution in [3.63, 3.8) is 0 Å². The van der Waals surface area contributed by atoms with E-state index in [1.807, 2.05) is 0 Å². The van der Waals surface area contributed by atoms with Crippen molar-refractivity contribution in [3.8, 4) is 0 Å². The van der Waals surface area contributed by atoms with Crippen molar-refractivity contribution < 1.29 is 23.1 Å². The number of hydrogen-bond acceptors (Lipinski definition) is 4. The van der Waals surface area contributed by atoms with Crippen LogP contribution in [0.3, 0.4) is 0 Å². The first-order chi connectivity index (χ1) is 9.24. The number of carboxylic acids is 1. The van der Waals surface area contributed by atoms with Gasteiger partial charge in [0.15, 0.2) is 9.84 Å². The molecule has 2 fully saturated rings. The Labute approximate surface area is 118 Å². The summed E-state index contributed by atoms with van der Waals surface area (Å²) < 4.78 is 23.1. The van der Waals surface area contributed by atoms with E-state index < -0.39 is 33.4 Å². The van der Waals surface area contributed by atoms with Crippen molar-refractivity contribution in [2.75, 3.05) is 18.1 Å².